The highest BCUT2D eigenvalue weighted by molar-refractivity contribution is 6.32. The van der Waals surface area contributed by atoms with Crippen molar-refractivity contribution >= 4 is 17.5 Å². The van der Waals surface area contributed by atoms with Crippen LogP contribution in [0.4, 0.5) is 0 Å². The minimum atomic E-state index is 0.0417. The van der Waals surface area contributed by atoms with Gasteiger partial charge in [0.1, 0.15) is 5.75 Å². The number of rotatable bonds is 5. The molecule has 0 atom stereocenters. The summed E-state index contributed by atoms with van der Waals surface area (Å²) in [5.41, 5.74) is 1.09. The van der Waals surface area contributed by atoms with E-state index in [0.29, 0.717) is 10.8 Å². The second-order valence-corrected chi connectivity index (χ2v) is 5.43. The molecule has 1 amide bonds. The Morgan fingerprint density at radius 3 is 2.75 bits per heavy atom. The largest absolute Gasteiger partial charge is 0.482 e. The summed E-state index contributed by atoms with van der Waals surface area (Å²) >= 11 is 6.16. The van der Waals surface area contributed by atoms with Gasteiger partial charge in [-0.25, -0.2) is 0 Å². The van der Waals surface area contributed by atoms with E-state index in [0.717, 1.165) is 38.0 Å². The maximum Gasteiger partial charge on any atom is 0.260 e. The number of nitrogens with zero attached hydrogens (tertiary/aromatic N) is 1. The van der Waals surface area contributed by atoms with E-state index in [9.17, 15) is 4.79 Å². The van der Waals surface area contributed by atoms with E-state index < -0.39 is 0 Å². The minimum Gasteiger partial charge on any atom is -0.482 e. The Balaban J connectivity index is 1.88. The van der Waals surface area contributed by atoms with Crippen molar-refractivity contribution in [2.24, 2.45) is 0 Å². The average Bonchev–Trinajstić information content (AvgIpc) is 2.47. The van der Waals surface area contributed by atoms with Crippen molar-refractivity contribution in [1.29, 1.82) is 0 Å². The fourth-order valence-electron chi connectivity index (χ4n) is 2.35. The number of ether oxygens (including phenoxy) is 1. The van der Waals surface area contributed by atoms with Gasteiger partial charge in [-0.2, -0.15) is 0 Å². The van der Waals surface area contributed by atoms with Crippen LogP contribution in [0.2, 0.25) is 5.02 Å². The molecular weight excluding hydrogens is 276 g/mol. The second kappa shape index (κ2) is 7.50. The maximum absolute atomic E-state index is 12.0. The first-order valence-electron chi connectivity index (χ1n) is 7.04. The van der Waals surface area contributed by atoms with Crippen LogP contribution in [0.3, 0.4) is 0 Å². The Morgan fingerprint density at radius 2 is 2.10 bits per heavy atom. The molecule has 2 rings (SSSR count). The van der Waals surface area contributed by atoms with Crippen LogP contribution in [0.1, 0.15) is 24.8 Å². The number of benzene rings is 1. The molecule has 1 heterocycles. The predicted octanol–water partition coefficient (Wildman–Crippen LogP) is 2.45. The molecular formula is C15H21ClN2O2. The fourth-order valence-corrected chi connectivity index (χ4v) is 2.61. The molecule has 110 valence electrons. The summed E-state index contributed by atoms with van der Waals surface area (Å²) in [5.74, 6) is 0.608. The molecule has 1 fully saturated rings. The lowest BCUT2D eigenvalue weighted by Gasteiger charge is -2.26. The number of carbonyl (C=O) groups excluding carboxylic acids is 1. The number of likely N-dealkylation sites (tertiary alicyclic amines) is 1. The highest BCUT2D eigenvalue weighted by Crippen LogP contribution is 2.25. The van der Waals surface area contributed by atoms with Crippen LogP contribution in [0, 0.1) is 0 Å². The van der Waals surface area contributed by atoms with Gasteiger partial charge in [0.25, 0.3) is 5.91 Å². The lowest BCUT2D eigenvalue weighted by molar-refractivity contribution is -0.134. The van der Waals surface area contributed by atoms with Gasteiger partial charge in [0.15, 0.2) is 6.61 Å². The minimum absolute atomic E-state index is 0.0417. The van der Waals surface area contributed by atoms with Crippen molar-refractivity contribution in [2.45, 2.75) is 25.8 Å². The van der Waals surface area contributed by atoms with Crippen LogP contribution in [-0.2, 0) is 11.3 Å². The lowest BCUT2D eigenvalue weighted by Crippen LogP contribution is -2.38. The first kappa shape index (κ1) is 15.1. The molecule has 5 heteroatoms. The molecule has 0 aliphatic carbocycles. The van der Waals surface area contributed by atoms with Gasteiger partial charge in [0.2, 0.25) is 0 Å². The van der Waals surface area contributed by atoms with Gasteiger partial charge in [0, 0.05) is 19.6 Å². The summed E-state index contributed by atoms with van der Waals surface area (Å²) in [6.45, 7) is 2.51. The summed E-state index contributed by atoms with van der Waals surface area (Å²) in [5, 5.41) is 3.61. The average molecular weight is 297 g/mol. The Labute approximate surface area is 125 Å². The van der Waals surface area contributed by atoms with Crippen molar-refractivity contribution in [3.8, 4) is 5.75 Å². The Bertz CT molecular complexity index is 459. The molecule has 0 saturated carbocycles. The van der Waals surface area contributed by atoms with Gasteiger partial charge in [-0.15, -0.1) is 0 Å². The van der Waals surface area contributed by atoms with Gasteiger partial charge in [-0.05, 0) is 44.0 Å². The zero-order valence-electron chi connectivity index (χ0n) is 11.8. The molecule has 0 bridgehead atoms. The normalized spacial score (nSPS) is 15.2. The standard InChI is InChI=1S/C15H21ClN2O2/c1-17-10-12-5-6-14(13(16)9-12)20-11-15(19)18-7-3-2-4-8-18/h5-6,9,17H,2-4,7-8,10-11H2,1H3. The summed E-state index contributed by atoms with van der Waals surface area (Å²) < 4.78 is 5.54. The van der Waals surface area contributed by atoms with E-state index in [-0.39, 0.29) is 12.5 Å². The van der Waals surface area contributed by atoms with Crippen molar-refractivity contribution < 1.29 is 9.53 Å². The molecule has 1 aromatic carbocycles. The molecule has 0 unspecified atom stereocenters. The zero-order chi connectivity index (χ0) is 14.4. The number of amides is 1. The number of halogens is 1. The van der Waals surface area contributed by atoms with E-state index in [1.54, 1.807) is 0 Å². The molecule has 0 spiro atoms. The van der Waals surface area contributed by atoms with Crippen molar-refractivity contribution in [2.75, 3.05) is 26.7 Å². The van der Waals surface area contributed by atoms with Gasteiger partial charge in [0.05, 0.1) is 5.02 Å². The third-order valence-corrected chi connectivity index (χ3v) is 3.73. The maximum atomic E-state index is 12.0. The molecule has 4 nitrogen and oxygen atoms in total. The van der Waals surface area contributed by atoms with Gasteiger partial charge >= 0.3 is 0 Å². The van der Waals surface area contributed by atoms with E-state index in [1.807, 2.05) is 30.1 Å². The zero-order valence-corrected chi connectivity index (χ0v) is 12.6. The van der Waals surface area contributed by atoms with Gasteiger partial charge < -0.3 is 15.0 Å². The van der Waals surface area contributed by atoms with E-state index in [4.69, 9.17) is 16.3 Å². The van der Waals surface area contributed by atoms with Crippen LogP contribution >= 0.6 is 11.6 Å². The molecule has 1 aromatic rings. The molecule has 1 aliphatic heterocycles. The summed E-state index contributed by atoms with van der Waals surface area (Å²) in [6.07, 6.45) is 3.39. The van der Waals surface area contributed by atoms with Gasteiger partial charge in [-0.3, -0.25) is 4.79 Å². The van der Waals surface area contributed by atoms with Crippen LogP contribution in [-0.4, -0.2) is 37.6 Å². The van der Waals surface area contributed by atoms with Crippen LogP contribution in [0.25, 0.3) is 0 Å². The lowest BCUT2D eigenvalue weighted by atomic mass is 10.1. The van der Waals surface area contributed by atoms with E-state index in [1.165, 1.54) is 6.42 Å². The van der Waals surface area contributed by atoms with E-state index in [2.05, 4.69) is 5.32 Å². The first-order chi connectivity index (χ1) is 9.70. The molecule has 0 radical (unpaired) electrons. The molecule has 0 aromatic heterocycles. The molecule has 1 saturated heterocycles. The molecule has 1 aliphatic rings. The summed E-state index contributed by atoms with van der Waals surface area (Å²) in [7, 11) is 1.88. The summed E-state index contributed by atoms with van der Waals surface area (Å²) in [6, 6.07) is 5.63. The Kier molecular flexibility index (Phi) is 5.68. The fraction of sp³-hybridized carbons (Fsp3) is 0.533. The van der Waals surface area contributed by atoms with Crippen molar-refractivity contribution in [1.82, 2.24) is 10.2 Å². The summed E-state index contributed by atoms with van der Waals surface area (Å²) in [4.78, 5) is 13.9. The number of nitrogens with one attached hydrogen (secondary N) is 1. The number of hydrogen-bond donors (Lipinski definition) is 1. The van der Waals surface area contributed by atoms with Crippen molar-refractivity contribution in [3.63, 3.8) is 0 Å². The van der Waals surface area contributed by atoms with Crippen LogP contribution < -0.4 is 10.1 Å². The quantitative estimate of drug-likeness (QED) is 0.907. The number of carbonyl (C=O) groups is 1. The molecule has 1 N–H and O–H groups in total. The second-order valence-electron chi connectivity index (χ2n) is 5.03. The molecule has 20 heavy (non-hydrogen) atoms. The highest BCUT2D eigenvalue weighted by atomic mass is 35.5. The highest BCUT2D eigenvalue weighted by Gasteiger charge is 2.17. The van der Waals surface area contributed by atoms with E-state index >= 15 is 0 Å². The SMILES string of the molecule is CNCc1ccc(OCC(=O)N2CCCCC2)c(Cl)c1. The third-order valence-electron chi connectivity index (χ3n) is 3.44. The van der Waals surface area contributed by atoms with Gasteiger partial charge in [-0.1, -0.05) is 17.7 Å². The monoisotopic (exact) mass is 296 g/mol. The third kappa shape index (κ3) is 4.12. The number of piperidine rings is 1. The number of hydrogen-bond acceptors (Lipinski definition) is 3. The Morgan fingerprint density at radius 1 is 1.35 bits per heavy atom. The van der Waals surface area contributed by atoms with Crippen molar-refractivity contribution in [3.05, 3.63) is 28.8 Å². The predicted molar refractivity (Wildman–Crippen MR) is 80.1 cm³/mol. The topological polar surface area (TPSA) is 41.6 Å². The first-order valence-corrected chi connectivity index (χ1v) is 7.42. The van der Waals surface area contributed by atoms with Crippen LogP contribution in [0.5, 0.6) is 5.75 Å². The smallest absolute Gasteiger partial charge is 0.260 e. The Hall–Kier alpha value is -1.26. The van der Waals surface area contributed by atoms with Crippen LogP contribution in [0.15, 0.2) is 18.2 Å².